The minimum atomic E-state index is -0.471. The third-order valence-corrected chi connectivity index (χ3v) is 5.52. The molecule has 0 atom stereocenters. The van der Waals surface area contributed by atoms with Gasteiger partial charge in [-0.15, -0.1) is 0 Å². The van der Waals surface area contributed by atoms with Crippen molar-refractivity contribution >= 4 is 22.6 Å². The van der Waals surface area contributed by atoms with Crippen molar-refractivity contribution < 1.29 is 9.18 Å². The van der Waals surface area contributed by atoms with E-state index in [0.717, 1.165) is 27.6 Å². The number of aromatic nitrogens is 2. The van der Waals surface area contributed by atoms with E-state index in [9.17, 15) is 9.18 Å². The predicted molar refractivity (Wildman–Crippen MR) is 125 cm³/mol. The normalized spacial score (nSPS) is 11.1. The van der Waals surface area contributed by atoms with E-state index in [1.807, 2.05) is 78.9 Å². The number of carbonyl (C=O) groups excluding carboxylic acids is 1. The Balaban J connectivity index is 1.48. The first-order chi connectivity index (χ1) is 15.7. The summed E-state index contributed by atoms with van der Waals surface area (Å²) in [6, 6.07) is 31.5. The standard InChI is InChI=1S/C27H20FN3O/c28-23-14-8-7-13-21(23)20-15-16-22-24(17-20)30-31-26(22)29-27(32)25(18-9-3-1-4-10-18)19-11-5-2-6-12-19/h1-17,25H,(H2,29,30,31,32). The van der Waals surface area contributed by atoms with Gasteiger partial charge in [-0.05, 0) is 34.9 Å². The molecule has 0 fully saturated rings. The van der Waals surface area contributed by atoms with E-state index in [4.69, 9.17) is 0 Å². The van der Waals surface area contributed by atoms with Crippen molar-refractivity contribution in [1.29, 1.82) is 0 Å². The molecule has 1 amide bonds. The first kappa shape index (κ1) is 19.7. The number of carbonyl (C=O) groups is 1. The van der Waals surface area contributed by atoms with Gasteiger partial charge in [0, 0.05) is 10.9 Å². The molecule has 4 aromatic carbocycles. The van der Waals surface area contributed by atoms with Crippen molar-refractivity contribution in [2.45, 2.75) is 5.92 Å². The van der Waals surface area contributed by atoms with E-state index >= 15 is 0 Å². The van der Waals surface area contributed by atoms with Crippen molar-refractivity contribution in [2.24, 2.45) is 0 Å². The lowest BCUT2D eigenvalue weighted by molar-refractivity contribution is -0.116. The lowest BCUT2D eigenvalue weighted by atomic mass is 9.90. The van der Waals surface area contributed by atoms with Gasteiger partial charge in [-0.3, -0.25) is 9.89 Å². The summed E-state index contributed by atoms with van der Waals surface area (Å²) >= 11 is 0. The van der Waals surface area contributed by atoms with E-state index in [1.54, 1.807) is 18.2 Å². The highest BCUT2D eigenvalue weighted by Gasteiger charge is 2.24. The van der Waals surface area contributed by atoms with Gasteiger partial charge in [-0.1, -0.05) is 84.9 Å². The number of benzene rings is 4. The zero-order chi connectivity index (χ0) is 21.9. The Morgan fingerprint density at radius 1 is 0.812 bits per heavy atom. The molecule has 0 unspecified atom stereocenters. The van der Waals surface area contributed by atoms with Gasteiger partial charge in [0.1, 0.15) is 5.82 Å². The molecule has 156 valence electrons. The molecule has 4 nitrogen and oxygen atoms in total. The monoisotopic (exact) mass is 421 g/mol. The lowest BCUT2D eigenvalue weighted by Crippen LogP contribution is -2.22. The van der Waals surface area contributed by atoms with Crippen LogP contribution in [-0.2, 0) is 4.79 Å². The Labute approximate surface area is 184 Å². The fourth-order valence-electron chi connectivity index (χ4n) is 3.95. The number of hydrogen-bond donors (Lipinski definition) is 2. The number of H-pyrrole nitrogens is 1. The van der Waals surface area contributed by atoms with Gasteiger partial charge in [0.15, 0.2) is 5.82 Å². The molecule has 2 N–H and O–H groups in total. The zero-order valence-corrected chi connectivity index (χ0v) is 17.1. The summed E-state index contributed by atoms with van der Waals surface area (Å²) < 4.78 is 14.2. The minimum absolute atomic E-state index is 0.172. The number of fused-ring (bicyclic) bond motifs is 1. The first-order valence-electron chi connectivity index (χ1n) is 10.3. The van der Waals surface area contributed by atoms with Crippen LogP contribution in [0.5, 0.6) is 0 Å². The van der Waals surface area contributed by atoms with Gasteiger partial charge >= 0.3 is 0 Å². The van der Waals surface area contributed by atoms with Gasteiger partial charge in [-0.25, -0.2) is 4.39 Å². The number of amides is 1. The number of nitrogens with zero attached hydrogens (tertiary/aromatic N) is 1. The summed E-state index contributed by atoms with van der Waals surface area (Å²) in [5, 5.41) is 11.0. The van der Waals surface area contributed by atoms with Crippen LogP contribution in [-0.4, -0.2) is 16.1 Å². The lowest BCUT2D eigenvalue weighted by Gasteiger charge is -2.17. The fraction of sp³-hybridized carbons (Fsp3) is 0.0370. The van der Waals surface area contributed by atoms with Gasteiger partial charge in [0.05, 0.1) is 11.4 Å². The van der Waals surface area contributed by atoms with Gasteiger partial charge in [0.2, 0.25) is 5.91 Å². The molecule has 0 bridgehead atoms. The van der Waals surface area contributed by atoms with Crippen molar-refractivity contribution in [3.63, 3.8) is 0 Å². The number of halogens is 1. The quantitative estimate of drug-likeness (QED) is 0.358. The summed E-state index contributed by atoms with van der Waals surface area (Å²) in [6.45, 7) is 0. The van der Waals surface area contributed by atoms with Crippen LogP contribution in [0.2, 0.25) is 0 Å². The highest BCUT2D eigenvalue weighted by atomic mass is 19.1. The van der Waals surface area contributed by atoms with E-state index in [2.05, 4.69) is 15.5 Å². The van der Waals surface area contributed by atoms with Gasteiger partial charge in [-0.2, -0.15) is 5.10 Å². The van der Waals surface area contributed by atoms with E-state index < -0.39 is 5.92 Å². The summed E-state index contributed by atoms with van der Waals surface area (Å²) in [6.07, 6.45) is 0. The van der Waals surface area contributed by atoms with Crippen LogP contribution in [0.25, 0.3) is 22.0 Å². The first-order valence-corrected chi connectivity index (χ1v) is 10.3. The Bertz CT molecular complexity index is 1340. The second-order valence-electron chi connectivity index (χ2n) is 7.56. The van der Waals surface area contributed by atoms with Crippen LogP contribution < -0.4 is 5.32 Å². The maximum atomic E-state index is 14.2. The summed E-state index contributed by atoms with van der Waals surface area (Å²) in [7, 11) is 0. The van der Waals surface area contributed by atoms with Crippen LogP contribution in [0.1, 0.15) is 17.0 Å². The summed E-state index contributed by atoms with van der Waals surface area (Å²) in [5.74, 6) is -0.480. The largest absolute Gasteiger partial charge is 0.308 e. The van der Waals surface area contributed by atoms with Crippen molar-refractivity contribution in [1.82, 2.24) is 10.2 Å². The molecule has 1 aromatic heterocycles. The minimum Gasteiger partial charge on any atom is -0.308 e. The van der Waals surface area contributed by atoms with Gasteiger partial charge in [0.25, 0.3) is 0 Å². The molecule has 5 heteroatoms. The van der Waals surface area contributed by atoms with Crippen LogP contribution in [0.3, 0.4) is 0 Å². The molecule has 0 spiro atoms. The van der Waals surface area contributed by atoms with Crippen LogP contribution >= 0.6 is 0 Å². The Hall–Kier alpha value is -4.25. The average Bonchev–Trinajstić information content (AvgIpc) is 3.23. The Kier molecular flexibility index (Phi) is 5.22. The summed E-state index contributed by atoms with van der Waals surface area (Å²) in [4.78, 5) is 13.4. The fourth-order valence-corrected chi connectivity index (χ4v) is 3.95. The average molecular weight is 421 g/mol. The molecule has 1 heterocycles. The van der Waals surface area contributed by atoms with Crippen molar-refractivity contribution in [3.8, 4) is 11.1 Å². The molecule has 5 aromatic rings. The maximum absolute atomic E-state index is 14.2. The van der Waals surface area contributed by atoms with Crippen LogP contribution in [0, 0.1) is 5.82 Å². The molecular formula is C27H20FN3O. The molecular weight excluding hydrogens is 401 g/mol. The van der Waals surface area contributed by atoms with E-state index in [0.29, 0.717) is 11.4 Å². The molecule has 0 radical (unpaired) electrons. The van der Waals surface area contributed by atoms with Crippen LogP contribution in [0.15, 0.2) is 103 Å². The number of hydrogen-bond acceptors (Lipinski definition) is 2. The maximum Gasteiger partial charge on any atom is 0.237 e. The molecule has 0 saturated carbocycles. The topological polar surface area (TPSA) is 57.8 Å². The molecule has 0 saturated heterocycles. The zero-order valence-electron chi connectivity index (χ0n) is 17.1. The molecule has 32 heavy (non-hydrogen) atoms. The SMILES string of the molecule is O=C(Nc1n[nH]c2cc(-c3ccccc3F)ccc12)C(c1ccccc1)c1ccccc1. The Morgan fingerprint density at radius 3 is 2.09 bits per heavy atom. The third-order valence-electron chi connectivity index (χ3n) is 5.52. The molecule has 0 aliphatic carbocycles. The number of rotatable bonds is 5. The predicted octanol–water partition coefficient (Wildman–Crippen LogP) is 6.14. The second kappa shape index (κ2) is 8.47. The Morgan fingerprint density at radius 2 is 1.44 bits per heavy atom. The second-order valence-corrected chi connectivity index (χ2v) is 7.56. The summed E-state index contributed by atoms with van der Waals surface area (Å²) in [5.41, 5.74) is 3.78. The molecule has 0 aliphatic heterocycles. The van der Waals surface area contributed by atoms with Gasteiger partial charge < -0.3 is 5.32 Å². The number of aromatic amines is 1. The third kappa shape index (κ3) is 3.76. The molecule has 5 rings (SSSR count). The highest BCUT2D eigenvalue weighted by molar-refractivity contribution is 6.04. The smallest absolute Gasteiger partial charge is 0.237 e. The van der Waals surface area contributed by atoms with E-state index in [-0.39, 0.29) is 11.7 Å². The van der Waals surface area contributed by atoms with E-state index in [1.165, 1.54) is 6.07 Å². The van der Waals surface area contributed by atoms with Crippen molar-refractivity contribution in [2.75, 3.05) is 5.32 Å². The van der Waals surface area contributed by atoms with Crippen molar-refractivity contribution in [3.05, 3.63) is 120 Å². The molecule has 0 aliphatic rings. The number of anilines is 1. The number of nitrogens with one attached hydrogen (secondary N) is 2. The highest BCUT2D eigenvalue weighted by Crippen LogP contribution is 2.30. The van der Waals surface area contributed by atoms with Crippen LogP contribution in [0.4, 0.5) is 10.2 Å².